The standard InChI is InChI=1S/C2H4BNO.C2H4NO.2CHO2.Y/c1-3-4-2-5;1-3-2-4;2*2-1-3;/h1H3,(H,4,5);1H3,(H,3,4);2*(H,2,3);/q4*-1;. The zero-order chi connectivity index (χ0) is 12.9. The first kappa shape index (κ1) is 29.4. The van der Waals surface area contributed by atoms with Crippen molar-refractivity contribution in [1.29, 1.82) is 0 Å². The normalized spacial score (nSPS) is 4.62. The average molecular weight is 306 g/mol. The molecule has 0 spiro atoms. The summed E-state index contributed by atoms with van der Waals surface area (Å²) < 4.78 is 0. The van der Waals surface area contributed by atoms with Gasteiger partial charge in [0.1, 0.15) is 0 Å². The molecule has 0 saturated heterocycles. The van der Waals surface area contributed by atoms with E-state index in [1.807, 2.05) is 0 Å². The molecule has 0 aromatic carbocycles. The number of rotatable bonds is 3. The van der Waals surface area contributed by atoms with Gasteiger partial charge >= 0.3 is 0 Å². The summed E-state index contributed by atoms with van der Waals surface area (Å²) in [4.78, 5) is 34.5. The van der Waals surface area contributed by atoms with Gasteiger partial charge in [0.15, 0.2) is 0 Å². The second-order valence-electron chi connectivity index (χ2n) is 1.07. The van der Waals surface area contributed by atoms with Crippen LogP contribution in [0.5, 0.6) is 0 Å². The van der Waals surface area contributed by atoms with Crippen molar-refractivity contribution in [3.8, 4) is 0 Å². The van der Waals surface area contributed by atoms with Gasteiger partial charge in [0, 0.05) is 32.7 Å². The number of nitrogens with one attached hydrogen (secondary N) is 2. The number of amides is 2. The van der Waals surface area contributed by atoms with Crippen LogP contribution in [0, 0.1) is 0 Å². The van der Waals surface area contributed by atoms with Crippen molar-refractivity contribution in [2.75, 3.05) is 7.05 Å². The van der Waals surface area contributed by atoms with Gasteiger partial charge in [-0.25, -0.2) is 0 Å². The van der Waals surface area contributed by atoms with Crippen molar-refractivity contribution >= 4 is 33.2 Å². The quantitative estimate of drug-likeness (QED) is 0.266. The van der Waals surface area contributed by atoms with Crippen molar-refractivity contribution in [1.82, 2.24) is 10.5 Å². The molecule has 2 amide bonds. The van der Waals surface area contributed by atoms with Gasteiger partial charge in [-0.3, -0.25) is 0 Å². The van der Waals surface area contributed by atoms with Crippen LogP contribution in [0.2, 0.25) is 6.82 Å². The molecule has 0 bridgehead atoms. The van der Waals surface area contributed by atoms with Crippen LogP contribution < -0.4 is 10.5 Å². The van der Waals surface area contributed by atoms with E-state index in [0.29, 0.717) is 12.9 Å². The molecule has 0 rings (SSSR count). The van der Waals surface area contributed by atoms with Gasteiger partial charge in [0.2, 0.25) is 7.41 Å². The van der Waals surface area contributed by atoms with E-state index in [9.17, 15) is 0 Å². The predicted molar refractivity (Wildman–Crippen MR) is 51.8 cm³/mol. The van der Waals surface area contributed by atoms with E-state index in [2.05, 4.69) is 10.5 Å². The molecular weight excluding hydrogens is 296 g/mol. The molecule has 0 heterocycles. The maximum Gasteiger partial charge on any atom is 0.206 e. The smallest absolute Gasteiger partial charge is 0.206 e. The minimum absolute atomic E-state index is 0. The average Bonchev–Trinajstić information content (AvgIpc) is 2.22. The third kappa shape index (κ3) is 451. The summed E-state index contributed by atoms with van der Waals surface area (Å²) in [5, 5.41) is 17.8. The molecule has 0 aliphatic heterocycles. The third-order valence-electron chi connectivity index (χ3n) is 0.305. The van der Waals surface area contributed by atoms with E-state index in [1.54, 1.807) is 6.82 Å². The zero-order valence-electron chi connectivity index (χ0n) is 8.68. The van der Waals surface area contributed by atoms with Gasteiger partial charge in [0.05, 0.1) is 0 Å². The molecule has 0 aliphatic rings. The number of carbonyl (C=O) groups excluding carboxylic acids is 2. The van der Waals surface area contributed by atoms with E-state index < -0.39 is 0 Å². The molecule has 0 aliphatic carbocycles. The van der Waals surface area contributed by atoms with Crippen molar-refractivity contribution < 1.29 is 62.1 Å². The van der Waals surface area contributed by atoms with Gasteiger partial charge in [-0.05, 0) is 7.05 Å². The van der Waals surface area contributed by atoms with Crippen LogP contribution in [0.3, 0.4) is 0 Å². The maximum atomic E-state index is 9.14. The van der Waals surface area contributed by atoms with E-state index in [4.69, 9.17) is 29.4 Å². The Bertz CT molecular complexity index is 134. The molecule has 16 heavy (non-hydrogen) atoms. The first-order valence-electron chi connectivity index (χ1n) is 3.13. The van der Waals surface area contributed by atoms with Gasteiger partial charge < -0.3 is 39.9 Å². The van der Waals surface area contributed by atoms with Crippen LogP contribution in [0.1, 0.15) is 0 Å². The molecule has 90 valence electrons. The molecule has 10 heteroatoms. The summed E-state index contributed by atoms with van der Waals surface area (Å²) in [5.74, 6) is 0. The molecule has 0 aromatic rings. The summed E-state index contributed by atoms with van der Waals surface area (Å²) in [6.45, 7) is 2.71. The minimum atomic E-state index is 0. The summed E-state index contributed by atoms with van der Waals surface area (Å²) in [7, 11) is 3.01. The molecule has 2 radical (unpaired) electrons. The predicted octanol–water partition coefficient (Wildman–Crippen LogP) is -2.20. The molecule has 0 saturated carbocycles. The van der Waals surface area contributed by atoms with Gasteiger partial charge in [-0.15, -0.1) is 0 Å². The Kier molecular flexibility index (Phi) is 120. The zero-order valence-corrected chi connectivity index (χ0v) is 11.5. The van der Waals surface area contributed by atoms with E-state index in [0.717, 1.165) is 0 Å². The van der Waals surface area contributed by atoms with E-state index in [-0.39, 0.29) is 32.7 Å². The van der Waals surface area contributed by atoms with Crippen molar-refractivity contribution in [3.05, 3.63) is 0 Å². The third-order valence-corrected chi connectivity index (χ3v) is 0.305. The molecular formula is C6H10BN2O6Y-4. The second-order valence-corrected chi connectivity index (χ2v) is 1.07. The Morgan fingerprint density at radius 1 is 1.00 bits per heavy atom. The fraction of sp³-hybridized carbons (Fsp3) is 0.333. The number of hydrogen-bond donors (Lipinski definition) is 4. The van der Waals surface area contributed by atoms with Gasteiger partial charge in [-0.2, -0.15) is 12.8 Å². The van der Waals surface area contributed by atoms with Crippen LogP contribution in [0.15, 0.2) is 0 Å². The van der Waals surface area contributed by atoms with Crippen LogP contribution in [0.25, 0.3) is 0 Å². The number of aliphatic hydroxyl groups excluding tert-OH is 2. The van der Waals surface area contributed by atoms with Crippen LogP contribution >= 0.6 is 0 Å². The van der Waals surface area contributed by atoms with E-state index in [1.165, 1.54) is 27.3 Å². The van der Waals surface area contributed by atoms with Crippen LogP contribution in [-0.4, -0.2) is 50.4 Å². The van der Waals surface area contributed by atoms with Gasteiger partial charge in [0.25, 0.3) is 0 Å². The van der Waals surface area contributed by atoms with Crippen molar-refractivity contribution in [2.45, 2.75) is 6.82 Å². The SMILES string of the molecule is CN[C-]=O.C[B]N[C-]=O.O=[C-]O.O=[C-]O.[Y]. The monoisotopic (exact) mass is 306 g/mol. The van der Waals surface area contributed by atoms with Crippen molar-refractivity contribution in [2.24, 2.45) is 0 Å². The largest absolute Gasteiger partial charge is 0.665 e. The Hall–Kier alpha value is -0.951. The Labute approximate surface area is 119 Å². The minimum Gasteiger partial charge on any atom is -0.665 e. The van der Waals surface area contributed by atoms with E-state index >= 15 is 0 Å². The summed E-state index contributed by atoms with van der Waals surface area (Å²) in [6, 6.07) is 0. The van der Waals surface area contributed by atoms with Crippen molar-refractivity contribution in [3.63, 3.8) is 0 Å². The van der Waals surface area contributed by atoms with Crippen LogP contribution in [0.4, 0.5) is 0 Å². The molecule has 8 nitrogen and oxygen atoms in total. The number of hydrogen-bond acceptors (Lipinski definition) is 4. The Morgan fingerprint density at radius 3 is 1.25 bits per heavy atom. The first-order valence-corrected chi connectivity index (χ1v) is 3.13. The first-order chi connectivity index (χ1) is 7.16. The molecule has 4 N–H and O–H groups in total. The molecule has 0 unspecified atom stereocenters. The Morgan fingerprint density at radius 2 is 1.25 bits per heavy atom. The second kappa shape index (κ2) is 65.4. The fourth-order valence-corrected chi connectivity index (χ4v) is 0.0589. The molecule has 0 atom stereocenters. The van der Waals surface area contributed by atoms with Gasteiger partial charge in [-0.1, -0.05) is 19.8 Å². The Balaban J connectivity index is -0.0000000338. The molecule has 0 aromatic heterocycles. The van der Waals surface area contributed by atoms with Crippen LogP contribution in [-0.2, 0) is 51.9 Å². The summed E-state index contributed by atoms with van der Waals surface area (Å²) in [5.41, 5.74) is 0. The maximum absolute atomic E-state index is 9.14. The topological polar surface area (TPSA) is 133 Å². The fourth-order valence-electron chi connectivity index (χ4n) is 0.0589. The molecule has 0 fully saturated rings. The summed E-state index contributed by atoms with van der Waals surface area (Å²) >= 11 is 0. The summed E-state index contributed by atoms with van der Waals surface area (Å²) in [6.07, 6.45) is 2.89.